The molecule has 1 aromatic carbocycles. The van der Waals surface area contributed by atoms with Crippen LogP contribution < -0.4 is 5.32 Å². The Labute approximate surface area is 93.8 Å². The third-order valence-corrected chi connectivity index (χ3v) is 2.67. The fourth-order valence-electron chi connectivity index (χ4n) is 1.04. The van der Waals surface area contributed by atoms with Crippen molar-refractivity contribution in [1.29, 1.82) is 0 Å². The van der Waals surface area contributed by atoms with Gasteiger partial charge in [0.1, 0.15) is 0 Å². The van der Waals surface area contributed by atoms with Gasteiger partial charge in [0, 0.05) is 28.2 Å². The van der Waals surface area contributed by atoms with Gasteiger partial charge in [-0.2, -0.15) is 0 Å². The van der Waals surface area contributed by atoms with E-state index in [-0.39, 0.29) is 12.6 Å². The van der Waals surface area contributed by atoms with Crippen LogP contribution in [0.2, 0.25) is 10.0 Å². The Morgan fingerprint density at radius 2 is 1.93 bits per heavy atom. The predicted molar refractivity (Wildman–Crippen MR) is 59.8 cm³/mol. The third-order valence-electron chi connectivity index (χ3n) is 1.96. The summed E-state index contributed by atoms with van der Waals surface area (Å²) >= 11 is 11.9. The summed E-state index contributed by atoms with van der Waals surface area (Å²) in [7, 11) is 0. The van der Waals surface area contributed by atoms with Gasteiger partial charge in [-0.05, 0) is 19.1 Å². The minimum atomic E-state index is 0.0438. The van der Waals surface area contributed by atoms with Crippen molar-refractivity contribution in [2.45, 2.75) is 19.5 Å². The summed E-state index contributed by atoms with van der Waals surface area (Å²) in [6.07, 6.45) is 0. The van der Waals surface area contributed by atoms with Gasteiger partial charge in [0.05, 0.1) is 6.61 Å². The molecule has 4 heteroatoms. The summed E-state index contributed by atoms with van der Waals surface area (Å²) in [6.45, 7) is 2.56. The molecule has 0 aliphatic carbocycles. The zero-order chi connectivity index (χ0) is 10.6. The number of hydrogen-bond donors (Lipinski definition) is 2. The molecule has 0 spiro atoms. The molecule has 0 saturated heterocycles. The second kappa shape index (κ2) is 5.56. The van der Waals surface area contributed by atoms with E-state index in [9.17, 15) is 0 Å². The molecule has 0 amide bonds. The minimum absolute atomic E-state index is 0.0438. The fourth-order valence-corrected chi connectivity index (χ4v) is 1.57. The highest BCUT2D eigenvalue weighted by atomic mass is 35.5. The smallest absolute Gasteiger partial charge is 0.0582 e. The summed E-state index contributed by atoms with van der Waals surface area (Å²) in [5.41, 5.74) is 0.871. The molecular weight excluding hydrogens is 221 g/mol. The molecule has 0 fully saturated rings. The molecule has 0 bridgehead atoms. The van der Waals surface area contributed by atoms with Crippen molar-refractivity contribution in [3.05, 3.63) is 33.8 Å². The van der Waals surface area contributed by atoms with E-state index in [1.807, 2.05) is 13.0 Å². The first kappa shape index (κ1) is 11.8. The minimum Gasteiger partial charge on any atom is -0.395 e. The first-order valence-corrected chi connectivity index (χ1v) is 5.18. The van der Waals surface area contributed by atoms with E-state index in [4.69, 9.17) is 28.3 Å². The van der Waals surface area contributed by atoms with Crippen molar-refractivity contribution in [3.8, 4) is 0 Å². The van der Waals surface area contributed by atoms with Gasteiger partial charge >= 0.3 is 0 Å². The van der Waals surface area contributed by atoms with Crippen molar-refractivity contribution in [2.24, 2.45) is 0 Å². The molecule has 2 N–H and O–H groups in total. The van der Waals surface area contributed by atoms with E-state index in [0.29, 0.717) is 16.6 Å². The normalized spacial score (nSPS) is 12.9. The average molecular weight is 234 g/mol. The van der Waals surface area contributed by atoms with Crippen LogP contribution in [0.25, 0.3) is 0 Å². The van der Waals surface area contributed by atoms with Crippen LogP contribution >= 0.6 is 23.2 Å². The molecular formula is C10H13Cl2NO. The molecule has 1 rings (SSSR count). The molecule has 0 aromatic heterocycles. The highest BCUT2D eigenvalue weighted by Crippen LogP contribution is 2.23. The lowest BCUT2D eigenvalue weighted by Gasteiger charge is -2.12. The Hall–Kier alpha value is -0.280. The van der Waals surface area contributed by atoms with Gasteiger partial charge in [-0.25, -0.2) is 0 Å². The van der Waals surface area contributed by atoms with Gasteiger partial charge in [0.15, 0.2) is 0 Å². The number of aliphatic hydroxyl groups is 1. The zero-order valence-electron chi connectivity index (χ0n) is 7.93. The molecule has 0 aliphatic heterocycles. The number of hydrogen-bond acceptors (Lipinski definition) is 2. The lowest BCUT2D eigenvalue weighted by molar-refractivity contribution is 0.251. The van der Waals surface area contributed by atoms with Crippen molar-refractivity contribution in [1.82, 2.24) is 5.32 Å². The van der Waals surface area contributed by atoms with Crippen molar-refractivity contribution >= 4 is 23.2 Å². The molecule has 14 heavy (non-hydrogen) atoms. The number of rotatable bonds is 4. The second-order valence-corrected chi connectivity index (χ2v) is 3.98. The molecule has 0 heterocycles. The van der Waals surface area contributed by atoms with Crippen LogP contribution in [0.4, 0.5) is 0 Å². The first-order valence-electron chi connectivity index (χ1n) is 4.42. The molecule has 0 aliphatic rings. The number of benzene rings is 1. The average Bonchev–Trinajstić information content (AvgIpc) is 2.16. The van der Waals surface area contributed by atoms with Gasteiger partial charge < -0.3 is 10.4 Å². The molecule has 1 aromatic rings. The summed E-state index contributed by atoms with van der Waals surface area (Å²) in [5.74, 6) is 0. The highest BCUT2D eigenvalue weighted by molar-refractivity contribution is 6.35. The summed E-state index contributed by atoms with van der Waals surface area (Å²) < 4.78 is 0. The summed E-state index contributed by atoms with van der Waals surface area (Å²) in [6, 6.07) is 5.45. The summed E-state index contributed by atoms with van der Waals surface area (Å²) in [5, 5.41) is 13.2. The topological polar surface area (TPSA) is 32.3 Å². The molecule has 0 radical (unpaired) electrons. The molecule has 1 atom stereocenters. The Kier molecular flexibility index (Phi) is 4.69. The third kappa shape index (κ3) is 3.14. The monoisotopic (exact) mass is 233 g/mol. The highest BCUT2D eigenvalue weighted by Gasteiger charge is 2.06. The maximum absolute atomic E-state index is 8.82. The van der Waals surface area contributed by atoms with Crippen LogP contribution in [0.15, 0.2) is 18.2 Å². The van der Waals surface area contributed by atoms with Crippen LogP contribution in [0.3, 0.4) is 0 Å². The SMILES string of the molecule is C[C@H](CO)NCc1c(Cl)cccc1Cl. The zero-order valence-corrected chi connectivity index (χ0v) is 9.44. The predicted octanol–water partition coefficient (Wildman–Crippen LogP) is 2.46. The van der Waals surface area contributed by atoms with Crippen LogP contribution in [-0.4, -0.2) is 17.8 Å². The maximum Gasteiger partial charge on any atom is 0.0582 e. The van der Waals surface area contributed by atoms with Gasteiger partial charge in [-0.15, -0.1) is 0 Å². The largest absolute Gasteiger partial charge is 0.395 e. The van der Waals surface area contributed by atoms with Crippen LogP contribution in [0.5, 0.6) is 0 Å². The van der Waals surface area contributed by atoms with Crippen molar-refractivity contribution in [3.63, 3.8) is 0 Å². The molecule has 0 unspecified atom stereocenters. The van der Waals surface area contributed by atoms with Crippen LogP contribution in [0.1, 0.15) is 12.5 Å². The van der Waals surface area contributed by atoms with E-state index in [1.54, 1.807) is 12.1 Å². The van der Waals surface area contributed by atoms with Gasteiger partial charge in [0.25, 0.3) is 0 Å². The quantitative estimate of drug-likeness (QED) is 0.838. The summed E-state index contributed by atoms with van der Waals surface area (Å²) in [4.78, 5) is 0. The fraction of sp³-hybridized carbons (Fsp3) is 0.400. The lowest BCUT2D eigenvalue weighted by Crippen LogP contribution is -2.28. The van der Waals surface area contributed by atoms with Crippen molar-refractivity contribution < 1.29 is 5.11 Å². The second-order valence-electron chi connectivity index (χ2n) is 3.16. The van der Waals surface area contributed by atoms with Gasteiger partial charge in [-0.1, -0.05) is 29.3 Å². The molecule has 0 saturated carbocycles. The lowest BCUT2D eigenvalue weighted by atomic mass is 10.2. The van der Waals surface area contributed by atoms with Gasteiger partial charge in [-0.3, -0.25) is 0 Å². The Bertz CT molecular complexity index is 284. The molecule has 78 valence electrons. The first-order chi connectivity index (χ1) is 6.65. The van der Waals surface area contributed by atoms with Crippen molar-refractivity contribution in [2.75, 3.05) is 6.61 Å². The van der Waals surface area contributed by atoms with E-state index >= 15 is 0 Å². The Morgan fingerprint density at radius 1 is 1.36 bits per heavy atom. The maximum atomic E-state index is 8.82. The van der Waals surface area contributed by atoms with E-state index < -0.39 is 0 Å². The number of aliphatic hydroxyl groups excluding tert-OH is 1. The van der Waals surface area contributed by atoms with E-state index in [1.165, 1.54) is 0 Å². The van der Waals surface area contributed by atoms with Crippen LogP contribution in [-0.2, 0) is 6.54 Å². The molecule has 2 nitrogen and oxygen atoms in total. The van der Waals surface area contributed by atoms with Gasteiger partial charge in [0.2, 0.25) is 0 Å². The number of halogens is 2. The van der Waals surface area contributed by atoms with E-state index in [0.717, 1.165) is 5.56 Å². The van der Waals surface area contributed by atoms with E-state index in [2.05, 4.69) is 5.32 Å². The van der Waals surface area contributed by atoms with Crippen LogP contribution in [0, 0.1) is 0 Å². The number of nitrogens with one attached hydrogen (secondary N) is 1. The Morgan fingerprint density at radius 3 is 2.43 bits per heavy atom. The standard InChI is InChI=1S/C10H13Cl2NO/c1-7(6-14)13-5-8-9(11)3-2-4-10(8)12/h2-4,7,13-14H,5-6H2,1H3/t7-/m1/s1. The Balaban J connectivity index is 2.66.